The lowest BCUT2D eigenvalue weighted by Gasteiger charge is -2.39. The van der Waals surface area contributed by atoms with Gasteiger partial charge in [-0.05, 0) is 58.2 Å². The fraction of sp³-hybridized carbons (Fsp3) is 0.667. The fourth-order valence-electron chi connectivity index (χ4n) is 3.29. The second kappa shape index (κ2) is 7.28. The molecule has 1 aliphatic heterocycles. The Hall–Kier alpha value is -1.06. The van der Waals surface area contributed by atoms with Crippen molar-refractivity contribution in [1.82, 2.24) is 4.90 Å². The van der Waals surface area contributed by atoms with Crippen molar-refractivity contribution < 1.29 is 4.74 Å². The van der Waals surface area contributed by atoms with Crippen LogP contribution in [0.2, 0.25) is 0 Å². The molecule has 3 heteroatoms. The Kier molecular flexibility index (Phi) is 5.65. The zero-order valence-corrected chi connectivity index (χ0v) is 13.9. The highest BCUT2D eigenvalue weighted by molar-refractivity contribution is 5.38. The Morgan fingerprint density at radius 1 is 1.29 bits per heavy atom. The lowest BCUT2D eigenvalue weighted by atomic mass is 9.96. The van der Waals surface area contributed by atoms with Crippen molar-refractivity contribution in [2.75, 3.05) is 6.61 Å². The van der Waals surface area contributed by atoms with Crippen LogP contribution in [0, 0.1) is 0 Å². The number of hydrogen-bond donors (Lipinski definition) is 1. The van der Waals surface area contributed by atoms with Crippen LogP contribution in [0.4, 0.5) is 0 Å². The molecule has 0 spiro atoms. The molecule has 3 nitrogen and oxygen atoms in total. The third-order valence-electron chi connectivity index (χ3n) is 4.64. The maximum absolute atomic E-state index is 6.04. The van der Waals surface area contributed by atoms with E-state index >= 15 is 0 Å². The van der Waals surface area contributed by atoms with Gasteiger partial charge in [0, 0.05) is 30.2 Å². The van der Waals surface area contributed by atoms with E-state index in [4.69, 9.17) is 10.5 Å². The molecule has 1 aliphatic rings. The van der Waals surface area contributed by atoms with Crippen LogP contribution in [0.15, 0.2) is 18.2 Å². The van der Waals surface area contributed by atoms with E-state index in [2.05, 4.69) is 36.9 Å². The lowest BCUT2D eigenvalue weighted by molar-refractivity contribution is 0.0940. The largest absolute Gasteiger partial charge is 0.494 e. The van der Waals surface area contributed by atoms with Crippen molar-refractivity contribution >= 4 is 0 Å². The van der Waals surface area contributed by atoms with E-state index in [-0.39, 0.29) is 6.04 Å². The predicted octanol–water partition coefficient (Wildman–Crippen LogP) is 3.87. The Bertz CT molecular complexity index is 449. The van der Waals surface area contributed by atoms with Gasteiger partial charge in [0.2, 0.25) is 0 Å². The summed E-state index contributed by atoms with van der Waals surface area (Å²) < 4.78 is 5.82. The highest BCUT2D eigenvalue weighted by Gasteiger charge is 2.25. The second-order valence-corrected chi connectivity index (χ2v) is 6.39. The summed E-state index contributed by atoms with van der Waals surface area (Å²) in [6.07, 6.45) is 3.93. The van der Waals surface area contributed by atoms with Gasteiger partial charge >= 0.3 is 0 Å². The number of nitrogens with two attached hydrogens (primary N) is 1. The van der Waals surface area contributed by atoms with Gasteiger partial charge in [-0.15, -0.1) is 0 Å². The third-order valence-corrected chi connectivity index (χ3v) is 4.64. The summed E-state index contributed by atoms with van der Waals surface area (Å²) in [7, 11) is 0. The van der Waals surface area contributed by atoms with Crippen LogP contribution in [0.1, 0.15) is 64.1 Å². The molecule has 0 radical (unpaired) electrons. The number of ether oxygens (including phenoxy) is 1. The summed E-state index contributed by atoms with van der Waals surface area (Å²) in [4.78, 5) is 2.60. The molecule has 2 rings (SSSR count). The second-order valence-electron chi connectivity index (χ2n) is 6.39. The molecule has 1 fully saturated rings. The molecule has 1 aromatic rings. The first kappa shape index (κ1) is 16.3. The molecule has 118 valence electrons. The van der Waals surface area contributed by atoms with E-state index in [0.29, 0.717) is 18.7 Å². The molecule has 1 saturated heterocycles. The van der Waals surface area contributed by atoms with Crippen molar-refractivity contribution in [3.8, 4) is 5.75 Å². The first-order valence-corrected chi connectivity index (χ1v) is 8.29. The monoisotopic (exact) mass is 290 g/mol. The molecule has 1 aromatic carbocycles. The quantitative estimate of drug-likeness (QED) is 0.894. The van der Waals surface area contributed by atoms with Crippen LogP contribution in [0.3, 0.4) is 0 Å². The van der Waals surface area contributed by atoms with Crippen LogP contribution >= 0.6 is 0 Å². The third kappa shape index (κ3) is 3.98. The zero-order chi connectivity index (χ0) is 15.4. The molecule has 1 unspecified atom stereocenters. The molecule has 3 atom stereocenters. The van der Waals surface area contributed by atoms with Gasteiger partial charge in [-0.2, -0.15) is 0 Å². The van der Waals surface area contributed by atoms with E-state index in [1.165, 1.54) is 30.4 Å². The topological polar surface area (TPSA) is 38.5 Å². The van der Waals surface area contributed by atoms with E-state index < -0.39 is 0 Å². The van der Waals surface area contributed by atoms with E-state index in [0.717, 1.165) is 12.3 Å². The van der Waals surface area contributed by atoms with E-state index in [1.54, 1.807) is 0 Å². The highest BCUT2D eigenvalue weighted by Crippen LogP contribution is 2.29. The van der Waals surface area contributed by atoms with Crippen molar-refractivity contribution in [2.45, 2.75) is 71.6 Å². The number of hydrogen-bond acceptors (Lipinski definition) is 3. The summed E-state index contributed by atoms with van der Waals surface area (Å²) in [6.45, 7) is 10.4. The predicted molar refractivity (Wildman–Crippen MR) is 88.5 cm³/mol. The summed E-state index contributed by atoms with van der Waals surface area (Å²) in [5.74, 6) is 1.01. The molecule has 0 bridgehead atoms. The SMILES string of the molecule is CCOc1ccc(C(C)N)cc1CN1[C@H](C)CCC[C@@H]1C. The zero-order valence-electron chi connectivity index (χ0n) is 13.9. The summed E-state index contributed by atoms with van der Waals surface area (Å²) in [5.41, 5.74) is 8.50. The number of nitrogens with zero attached hydrogens (tertiary/aromatic N) is 1. The molecule has 21 heavy (non-hydrogen) atoms. The standard InChI is InChI=1S/C18H30N2O/c1-5-21-18-10-9-16(15(4)19)11-17(18)12-20-13(2)7-6-8-14(20)3/h9-11,13-15H,5-8,12,19H2,1-4H3/t13-,14+,15?. The van der Waals surface area contributed by atoms with Gasteiger partial charge in [-0.3, -0.25) is 4.90 Å². The minimum absolute atomic E-state index is 0.0654. The molecule has 0 saturated carbocycles. The van der Waals surface area contributed by atoms with Gasteiger partial charge < -0.3 is 10.5 Å². The van der Waals surface area contributed by atoms with Gasteiger partial charge in [-0.25, -0.2) is 0 Å². The van der Waals surface area contributed by atoms with Crippen molar-refractivity contribution in [1.29, 1.82) is 0 Å². The van der Waals surface area contributed by atoms with Crippen molar-refractivity contribution in [3.05, 3.63) is 29.3 Å². The fourth-order valence-corrected chi connectivity index (χ4v) is 3.29. The van der Waals surface area contributed by atoms with Gasteiger partial charge in [0.15, 0.2) is 0 Å². The van der Waals surface area contributed by atoms with Gasteiger partial charge in [0.05, 0.1) is 6.61 Å². The van der Waals surface area contributed by atoms with Gasteiger partial charge in [-0.1, -0.05) is 12.5 Å². The normalized spacial score (nSPS) is 24.8. The number of piperidine rings is 1. The minimum atomic E-state index is 0.0654. The van der Waals surface area contributed by atoms with Crippen LogP contribution in [0.5, 0.6) is 5.75 Å². The Labute approximate surface area is 129 Å². The molecular formula is C18H30N2O. The molecule has 2 N–H and O–H groups in total. The average Bonchev–Trinajstić information content (AvgIpc) is 2.44. The molecule has 0 aliphatic carbocycles. The minimum Gasteiger partial charge on any atom is -0.494 e. The Morgan fingerprint density at radius 2 is 1.95 bits per heavy atom. The molecule has 0 aromatic heterocycles. The lowest BCUT2D eigenvalue weighted by Crippen LogP contribution is -2.43. The smallest absolute Gasteiger partial charge is 0.123 e. The summed E-state index contributed by atoms with van der Waals surface area (Å²) >= 11 is 0. The average molecular weight is 290 g/mol. The first-order valence-electron chi connectivity index (χ1n) is 8.29. The van der Waals surface area contributed by atoms with Crippen LogP contribution < -0.4 is 10.5 Å². The number of likely N-dealkylation sites (tertiary alicyclic amines) is 1. The van der Waals surface area contributed by atoms with Gasteiger partial charge in [0.1, 0.15) is 5.75 Å². The molecular weight excluding hydrogens is 260 g/mol. The maximum atomic E-state index is 6.04. The summed E-state index contributed by atoms with van der Waals surface area (Å²) in [6, 6.07) is 7.74. The summed E-state index contributed by atoms with van der Waals surface area (Å²) in [5, 5.41) is 0. The van der Waals surface area contributed by atoms with Crippen LogP contribution in [0.25, 0.3) is 0 Å². The first-order chi connectivity index (χ1) is 10.0. The molecule has 0 amide bonds. The van der Waals surface area contributed by atoms with Crippen LogP contribution in [-0.2, 0) is 6.54 Å². The number of rotatable bonds is 5. The van der Waals surface area contributed by atoms with Crippen molar-refractivity contribution in [2.24, 2.45) is 5.73 Å². The Morgan fingerprint density at radius 3 is 2.52 bits per heavy atom. The van der Waals surface area contributed by atoms with Gasteiger partial charge in [0.25, 0.3) is 0 Å². The van der Waals surface area contributed by atoms with E-state index in [1.807, 2.05) is 13.8 Å². The van der Waals surface area contributed by atoms with Crippen LogP contribution in [-0.4, -0.2) is 23.6 Å². The van der Waals surface area contributed by atoms with Crippen molar-refractivity contribution in [3.63, 3.8) is 0 Å². The highest BCUT2D eigenvalue weighted by atomic mass is 16.5. The number of benzene rings is 1. The maximum Gasteiger partial charge on any atom is 0.123 e. The Balaban J connectivity index is 2.24. The molecule has 1 heterocycles. The van der Waals surface area contributed by atoms with E-state index in [9.17, 15) is 0 Å².